The molecule has 8 heteroatoms. The van der Waals surface area contributed by atoms with Gasteiger partial charge in [-0.25, -0.2) is 9.97 Å². The van der Waals surface area contributed by atoms with E-state index in [9.17, 15) is 4.79 Å². The van der Waals surface area contributed by atoms with E-state index in [-0.39, 0.29) is 0 Å². The SMILES string of the molecule is CN1CCc2c(nc(-c3onc4c(C(N)=O)cccc34)nc2NCc2ccccc2)C1. The van der Waals surface area contributed by atoms with Crippen LogP contribution in [-0.4, -0.2) is 39.5 Å². The van der Waals surface area contributed by atoms with Gasteiger partial charge in [-0.1, -0.05) is 41.6 Å². The van der Waals surface area contributed by atoms with Crippen LogP contribution in [0.4, 0.5) is 5.82 Å². The molecule has 2 aromatic carbocycles. The zero-order valence-corrected chi connectivity index (χ0v) is 17.1. The summed E-state index contributed by atoms with van der Waals surface area (Å²) in [6, 6.07) is 15.4. The molecule has 3 heterocycles. The first-order valence-corrected chi connectivity index (χ1v) is 10.1. The number of carbonyl (C=O) groups is 1. The number of hydrogen-bond acceptors (Lipinski definition) is 7. The Morgan fingerprint density at radius 3 is 2.81 bits per heavy atom. The van der Waals surface area contributed by atoms with E-state index in [0.29, 0.717) is 34.6 Å². The van der Waals surface area contributed by atoms with Crippen LogP contribution in [0.2, 0.25) is 0 Å². The molecule has 0 saturated carbocycles. The monoisotopic (exact) mass is 414 g/mol. The number of hydrogen-bond donors (Lipinski definition) is 2. The zero-order chi connectivity index (χ0) is 21.4. The Labute approximate surface area is 179 Å². The van der Waals surface area contributed by atoms with Crippen LogP contribution in [0.1, 0.15) is 27.2 Å². The summed E-state index contributed by atoms with van der Waals surface area (Å²) in [5, 5.41) is 8.22. The van der Waals surface area contributed by atoms with Gasteiger partial charge in [-0.2, -0.15) is 0 Å². The Morgan fingerprint density at radius 2 is 2.00 bits per heavy atom. The number of likely N-dealkylation sites (N-methyl/N-ethyl adjacent to an activating group) is 1. The smallest absolute Gasteiger partial charge is 0.251 e. The van der Waals surface area contributed by atoms with Crippen LogP contribution in [0, 0.1) is 0 Å². The van der Waals surface area contributed by atoms with E-state index in [1.165, 1.54) is 5.56 Å². The van der Waals surface area contributed by atoms with E-state index in [4.69, 9.17) is 20.2 Å². The van der Waals surface area contributed by atoms with Crippen LogP contribution in [0.25, 0.3) is 22.5 Å². The molecule has 0 radical (unpaired) electrons. The van der Waals surface area contributed by atoms with Crippen LogP contribution in [0.3, 0.4) is 0 Å². The molecule has 1 aliphatic heterocycles. The number of anilines is 1. The number of nitrogens with two attached hydrogens (primary N) is 1. The first-order valence-electron chi connectivity index (χ1n) is 10.1. The molecule has 31 heavy (non-hydrogen) atoms. The summed E-state index contributed by atoms with van der Waals surface area (Å²) in [5.74, 6) is 1.11. The summed E-state index contributed by atoms with van der Waals surface area (Å²) in [7, 11) is 2.07. The maximum absolute atomic E-state index is 11.8. The van der Waals surface area contributed by atoms with Crippen molar-refractivity contribution >= 4 is 22.6 Å². The maximum Gasteiger partial charge on any atom is 0.251 e. The van der Waals surface area contributed by atoms with Crippen molar-refractivity contribution in [2.45, 2.75) is 19.5 Å². The molecular weight excluding hydrogens is 392 g/mol. The number of fused-ring (bicyclic) bond motifs is 2. The highest BCUT2D eigenvalue weighted by Gasteiger charge is 2.24. The van der Waals surface area contributed by atoms with Gasteiger partial charge in [-0.3, -0.25) is 4.79 Å². The Hall–Kier alpha value is -3.78. The number of nitrogens with zero attached hydrogens (tertiary/aromatic N) is 4. The van der Waals surface area contributed by atoms with Crippen molar-refractivity contribution in [2.24, 2.45) is 5.73 Å². The second-order valence-electron chi connectivity index (χ2n) is 7.73. The molecule has 5 rings (SSSR count). The molecule has 0 aliphatic carbocycles. The van der Waals surface area contributed by atoms with Gasteiger partial charge in [0.1, 0.15) is 11.3 Å². The number of aromatic nitrogens is 3. The standard InChI is InChI=1S/C23H22N6O2/c1-29-11-10-15-18(13-29)26-23(27-22(15)25-12-14-6-3-2-4-7-14)20-16-8-5-9-17(21(24)30)19(16)28-31-20/h2-9H,10-13H2,1H3,(H2,24,30)(H,25,26,27). The molecule has 0 saturated heterocycles. The molecule has 4 aromatic rings. The van der Waals surface area contributed by atoms with Crippen molar-refractivity contribution in [2.75, 3.05) is 18.9 Å². The second kappa shape index (κ2) is 7.81. The fourth-order valence-corrected chi connectivity index (χ4v) is 3.92. The minimum Gasteiger partial charge on any atom is -0.366 e. The van der Waals surface area contributed by atoms with E-state index in [2.05, 4.69) is 34.6 Å². The minimum absolute atomic E-state index is 0.313. The molecule has 0 unspecified atom stereocenters. The molecule has 0 atom stereocenters. The van der Waals surface area contributed by atoms with Gasteiger partial charge in [-0.05, 0) is 31.2 Å². The number of primary amides is 1. The normalized spacial score (nSPS) is 13.8. The van der Waals surface area contributed by atoms with Gasteiger partial charge in [0, 0.05) is 25.2 Å². The molecule has 156 valence electrons. The average Bonchev–Trinajstić information content (AvgIpc) is 3.22. The van der Waals surface area contributed by atoms with Crippen LogP contribution >= 0.6 is 0 Å². The predicted molar refractivity (Wildman–Crippen MR) is 117 cm³/mol. The lowest BCUT2D eigenvalue weighted by atomic mass is 10.0. The second-order valence-corrected chi connectivity index (χ2v) is 7.73. The zero-order valence-electron chi connectivity index (χ0n) is 17.1. The van der Waals surface area contributed by atoms with E-state index in [1.54, 1.807) is 12.1 Å². The fraction of sp³-hybridized carbons (Fsp3) is 0.217. The molecule has 0 bridgehead atoms. The van der Waals surface area contributed by atoms with Crippen LogP contribution in [-0.2, 0) is 19.5 Å². The fourth-order valence-electron chi connectivity index (χ4n) is 3.92. The predicted octanol–water partition coefficient (Wildman–Crippen LogP) is 2.98. The quantitative estimate of drug-likeness (QED) is 0.516. The number of nitrogens with one attached hydrogen (secondary N) is 1. The van der Waals surface area contributed by atoms with Crippen LogP contribution in [0.15, 0.2) is 53.1 Å². The summed E-state index contributed by atoms with van der Waals surface area (Å²) in [6.07, 6.45) is 0.867. The largest absolute Gasteiger partial charge is 0.366 e. The van der Waals surface area contributed by atoms with Gasteiger partial charge in [0.15, 0.2) is 0 Å². The Morgan fingerprint density at radius 1 is 1.16 bits per heavy atom. The highest BCUT2D eigenvalue weighted by Crippen LogP contribution is 2.32. The van der Waals surface area contributed by atoms with Crippen LogP contribution < -0.4 is 11.1 Å². The molecule has 0 spiro atoms. The lowest BCUT2D eigenvalue weighted by Crippen LogP contribution is -2.29. The number of rotatable bonds is 5. The van der Waals surface area contributed by atoms with E-state index < -0.39 is 5.91 Å². The molecule has 1 aliphatic rings. The third kappa shape index (κ3) is 3.62. The van der Waals surface area contributed by atoms with Crippen molar-refractivity contribution in [1.82, 2.24) is 20.0 Å². The van der Waals surface area contributed by atoms with E-state index >= 15 is 0 Å². The summed E-state index contributed by atoms with van der Waals surface area (Å²) in [5.41, 5.74) is 9.47. The topological polar surface area (TPSA) is 110 Å². The van der Waals surface area contributed by atoms with E-state index in [1.807, 2.05) is 24.3 Å². The van der Waals surface area contributed by atoms with Crippen molar-refractivity contribution in [1.29, 1.82) is 0 Å². The Balaban J connectivity index is 1.59. The van der Waals surface area contributed by atoms with Gasteiger partial charge in [-0.15, -0.1) is 0 Å². The highest BCUT2D eigenvalue weighted by atomic mass is 16.5. The first-order chi connectivity index (χ1) is 15.1. The number of carbonyl (C=O) groups excluding carboxylic acids is 1. The van der Waals surface area contributed by atoms with E-state index in [0.717, 1.165) is 36.6 Å². The molecule has 3 N–H and O–H groups in total. The average molecular weight is 414 g/mol. The molecule has 0 fully saturated rings. The first kappa shape index (κ1) is 19.2. The van der Waals surface area contributed by atoms with Gasteiger partial charge < -0.3 is 20.5 Å². The van der Waals surface area contributed by atoms with Gasteiger partial charge in [0.2, 0.25) is 11.6 Å². The lowest BCUT2D eigenvalue weighted by Gasteiger charge is -2.26. The van der Waals surface area contributed by atoms with Crippen molar-refractivity contribution in [3.63, 3.8) is 0 Å². The highest BCUT2D eigenvalue weighted by molar-refractivity contribution is 6.07. The molecule has 2 aromatic heterocycles. The van der Waals surface area contributed by atoms with Gasteiger partial charge in [0.25, 0.3) is 5.91 Å². The summed E-state index contributed by atoms with van der Waals surface area (Å²) >= 11 is 0. The number of benzene rings is 2. The summed E-state index contributed by atoms with van der Waals surface area (Å²) in [6.45, 7) is 2.33. The third-order valence-electron chi connectivity index (χ3n) is 5.54. The van der Waals surface area contributed by atoms with Crippen molar-refractivity contribution in [3.8, 4) is 11.6 Å². The molecule has 8 nitrogen and oxygen atoms in total. The lowest BCUT2D eigenvalue weighted by molar-refractivity contribution is 0.100. The van der Waals surface area contributed by atoms with Gasteiger partial charge in [0.05, 0.1) is 16.6 Å². The molecule has 1 amide bonds. The van der Waals surface area contributed by atoms with Crippen molar-refractivity contribution in [3.05, 3.63) is 70.9 Å². The Bertz CT molecular complexity index is 1270. The van der Waals surface area contributed by atoms with Gasteiger partial charge >= 0.3 is 0 Å². The summed E-state index contributed by atoms with van der Waals surface area (Å²) < 4.78 is 5.60. The third-order valence-corrected chi connectivity index (χ3v) is 5.54. The molecular formula is C23H22N6O2. The minimum atomic E-state index is -0.552. The Kier molecular flexibility index (Phi) is 4.83. The summed E-state index contributed by atoms with van der Waals surface area (Å²) in [4.78, 5) is 23.6. The van der Waals surface area contributed by atoms with Crippen LogP contribution in [0.5, 0.6) is 0 Å². The van der Waals surface area contributed by atoms with Crippen molar-refractivity contribution < 1.29 is 9.32 Å². The maximum atomic E-state index is 11.8. The number of amides is 1.